The molecule has 0 saturated heterocycles. The standard InChI is InChI=1S/C8H15N3O2/c1-4(9)11-3-5-2-6(5)7(10)8(12)13/h5-7H,2-3,10H2,1H3,(H2,9,11)(H,12,13)/t5-,6-,7+/m1/s1. The van der Waals surface area contributed by atoms with Crippen LogP contribution < -0.4 is 11.5 Å². The molecule has 0 amide bonds. The van der Waals surface area contributed by atoms with Crippen molar-refractivity contribution in [1.29, 1.82) is 0 Å². The highest BCUT2D eigenvalue weighted by Gasteiger charge is 2.44. The van der Waals surface area contributed by atoms with Gasteiger partial charge in [0.2, 0.25) is 0 Å². The Hall–Kier alpha value is -1.10. The second kappa shape index (κ2) is 3.74. The first-order valence-electron chi connectivity index (χ1n) is 4.27. The van der Waals surface area contributed by atoms with Crippen molar-refractivity contribution in [3.8, 4) is 0 Å². The van der Waals surface area contributed by atoms with Gasteiger partial charge in [-0.2, -0.15) is 0 Å². The summed E-state index contributed by atoms with van der Waals surface area (Å²) in [4.78, 5) is 14.5. The quantitative estimate of drug-likeness (QED) is 0.402. The van der Waals surface area contributed by atoms with Crippen LogP contribution in [-0.4, -0.2) is 29.5 Å². The Labute approximate surface area is 76.8 Å². The second-order valence-electron chi connectivity index (χ2n) is 3.51. The van der Waals surface area contributed by atoms with Crippen LogP contribution in [0.1, 0.15) is 13.3 Å². The number of hydrogen-bond donors (Lipinski definition) is 3. The number of aliphatic imine (C=N–C) groups is 1. The summed E-state index contributed by atoms with van der Waals surface area (Å²) in [6, 6.07) is -0.738. The van der Waals surface area contributed by atoms with Crippen molar-refractivity contribution in [2.24, 2.45) is 28.3 Å². The number of carbonyl (C=O) groups is 1. The van der Waals surface area contributed by atoms with E-state index in [0.717, 1.165) is 6.42 Å². The SMILES string of the molecule is CC(N)=NC[C@H]1C[C@H]1[C@H](N)C(=O)O. The Morgan fingerprint density at radius 2 is 2.38 bits per heavy atom. The molecule has 0 bridgehead atoms. The summed E-state index contributed by atoms with van der Waals surface area (Å²) >= 11 is 0. The lowest BCUT2D eigenvalue weighted by Gasteiger charge is -2.03. The Kier molecular flexibility index (Phi) is 2.87. The molecule has 0 aliphatic heterocycles. The van der Waals surface area contributed by atoms with Gasteiger partial charge in [0.1, 0.15) is 6.04 Å². The first-order valence-corrected chi connectivity index (χ1v) is 4.27. The van der Waals surface area contributed by atoms with Crippen LogP contribution in [0, 0.1) is 11.8 Å². The van der Waals surface area contributed by atoms with Crippen LogP contribution >= 0.6 is 0 Å². The summed E-state index contributed by atoms with van der Waals surface area (Å²) < 4.78 is 0. The molecule has 0 radical (unpaired) electrons. The molecule has 74 valence electrons. The van der Waals surface area contributed by atoms with Gasteiger partial charge in [0, 0.05) is 6.54 Å². The highest BCUT2D eigenvalue weighted by atomic mass is 16.4. The summed E-state index contributed by atoms with van der Waals surface area (Å²) in [6.07, 6.45) is 0.851. The van der Waals surface area contributed by atoms with Gasteiger partial charge in [-0.15, -0.1) is 0 Å². The van der Waals surface area contributed by atoms with Gasteiger partial charge in [-0.05, 0) is 25.2 Å². The molecule has 1 rings (SSSR count). The van der Waals surface area contributed by atoms with E-state index < -0.39 is 12.0 Å². The molecule has 0 aromatic heterocycles. The van der Waals surface area contributed by atoms with E-state index in [0.29, 0.717) is 18.3 Å². The largest absolute Gasteiger partial charge is 0.480 e. The fourth-order valence-corrected chi connectivity index (χ4v) is 1.37. The van der Waals surface area contributed by atoms with E-state index in [1.165, 1.54) is 0 Å². The third kappa shape index (κ3) is 2.69. The zero-order valence-corrected chi connectivity index (χ0v) is 7.60. The highest BCUT2D eigenvalue weighted by Crippen LogP contribution is 2.40. The normalized spacial score (nSPS) is 29.8. The fourth-order valence-electron chi connectivity index (χ4n) is 1.37. The average Bonchev–Trinajstić information content (AvgIpc) is 2.78. The Morgan fingerprint density at radius 1 is 1.77 bits per heavy atom. The minimum atomic E-state index is -0.930. The minimum Gasteiger partial charge on any atom is -0.480 e. The first-order chi connectivity index (χ1) is 6.02. The summed E-state index contributed by atoms with van der Waals surface area (Å²) in [7, 11) is 0. The van der Waals surface area contributed by atoms with E-state index in [2.05, 4.69) is 4.99 Å². The topological polar surface area (TPSA) is 102 Å². The monoisotopic (exact) mass is 185 g/mol. The zero-order valence-electron chi connectivity index (χ0n) is 7.60. The number of rotatable bonds is 4. The lowest BCUT2D eigenvalue weighted by Crippen LogP contribution is -2.33. The lowest BCUT2D eigenvalue weighted by molar-refractivity contribution is -0.139. The van der Waals surface area contributed by atoms with Gasteiger partial charge in [-0.25, -0.2) is 0 Å². The van der Waals surface area contributed by atoms with E-state index in [1.807, 2.05) is 0 Å². The van der Waals surface area contributed by atoms with Gasteiger partial charge in [0.15, 0.2) is 0 Å². The van der Waals surface area contributed by atoms with Crippen LogP contribution in [0.4, 0.5) is 0 Å². The van der Waals surface area contributed by atoms with Crippen molar-refractivity contribution in [3.63, 3.8) is 0 Å². The second-order valence-corrected chi connectivity index (χ2v) is 3.51. The minimum absolute atomic E-state index is 0.0839. The molecule has 5 nitrogen and oxygen atoms in total. The van der Waals surface area contributed by atoms with Crippen LogP contribution in [0.15, 0.2) is 4.99 Å². The van der Waals surface area contributed by atoms with E-state index in [4.69, 9.17) is 16.6 Å². The van der Waals surface area contributed by atoms with Gasteiger partial charge >= 0.3 is 5.97 Å². The Morgan fingerprint density at radius 3 is 2.85 bits per heavy atom. The van der Waals surface area contributed by atoms with Crippen LogP contribution in [0.25, 0.3) is 0 Å². The number of carboxylic acids is 1. The third-order valence-corrected chi connectivity index (χ3v) is 2.30. The van der Waals surface area contributed by atoms with Gasteiger partial charge in [-0.1, -0.05) is 0 Å². The van der Waals surface area contributed by atoms with Crippen molar-refractivity contribution in [2.75, 3.05) is 6.54 Å². The molecule has 1 aliphatic carbocycles. The smallest absolute Gasteiger partial charge is 0.320 e. The van der Waals surface area contributed by atoms with E-state index in [1.54, 1.807) is 6.92 Å². The zero-order chi connectivity index (χ0) is 10.0. The maximum absolute atomic E-state index is 10.5. The number of nitrogens with zero attached hydrogens (tertiary/aromatic N) is 1. The third-order valence-electron chi connectivity index (χ3n) is 2.30. The van der Waals surface area contributed by atoms with Crippen molar-refractivity contribution >= 4 is 11.8 Å². The fraction of sp³-hybridized carbons (Fsp3) is 0.750. The van der Waals surface area contributed by atoms with Gasteiger partial charge in [-0.3, -0.25) is 9.79 Å². The molecule has 0 unspecified atom stereocenters. The molecule has 1 fully saturated rings. The molecular weight excluding hydrogens is 170 g/mol. The summed E-state index contributed by atoms with van der Waals surface area (Å²) in [6.45, 7) is 2.32. The predicted octanol–water partition coefficient (Wildman–Crippen LogP) is -0.588. The van der Waals surface area contributed by atoms with Gasteiger partial charge in [0.25, 0.3) is 0 Å². The van der Waals surface area contributed by atoms with Crippen LogP contribution in [0.5, 0.6) is 0 Å². The molecule has 0 heterocycles. The van der Waals surface area contributed by atoms with Gasteiger partial charge < -0.3 is 16.6 Å². The van der Waals surface area contributed by atoms with E-state index in [-0.39, 0.29) is 5.92 Å². The number of carboxylic acid groups (broad SMARTS) is 1. The molecule has 5 N–H and O–H groups in total. The molecule has 1 saturated carbocycles. The first kappa shape index (κ1) is 9.98. The Bertz CT molecular complexity index is 236. The molecule has 0 aromatic rings. The van der Waals surface area contributed by atoms with E-state index in [9.17, 15) is 4.79 Å². The number of hydrogen-bond acceptors (Lipinski definition) is 3. The number of nitrogens with two attached hydrogens (primary N) is 2. The lowest BCUT2D eigenvalue weighted by atomic mass is 10.1. The summed E-state index contributed by atoms with van der Waals surface area (Å²) in [5.74, 6) is 0.000645. The maximum atomic E-state index is 10.5. The number of aliphatic carboxylic acids is 1. The summed E-state index contributed by atoms with van der Waals surface area (Å²) in [5, 5.41) is 8.60. The molecule has 0 spiro atoms. The Balaban J connectivity index is 2.30. The number of amidine groups is 1. The molecule has 3 atom stereocenters. The van der Waals surface area contributed by atoms with Crippen molar-refractivity contribution in [2.45, 2.75) is 19.4 Å². The van der Waals surface area contributed by atoms with E-state index >= 15 is 0 Å². The summed E-state index contributed by atoms with van der Waals surface area (Å²) in [5.41, 5.74) is 10.8. The van der Waals surface area contributed by atoms with Crippen molar-refractivity contribution < 1.29 is 9.90 Å². The highest BCUT2D eigenvalue weighted by molar-refractivity contribution is 5.77. The molecule has 0 aromatic carbocycles. The van der Waals surface area contributed by atoms with Crippen LogP contribution in [-0.2, 0) is 4.79 Å². The molecule has 1 aliphatic rings. The van der Waals surface area contributed by atoms with Crippen molar-refractivity contribution in [3.05, 3.63) is 0 Å². The maximum Gasteiger partial charge on any atom is 0.320 e. The molecule has 5 heteroatoms. The van der Waals surface area contributed by atoms with Crippen LogP contribution in [0.3, 0.4) is 0 Å². The molecular formula is C8H15N3O2. The predicted molar refractivity (Wildman–Crippen MR) is 49.4 cm³/mol. The molecule has 13 heavy (non-hydrogen) atoms. The van der Waals surface area contributed by atoms with Crippen molar-refractivity contribution in [1.82, 2.24) is 0 Å². The van der Waals surface area contributed by atoms with Gasteiger partial charge in [0.05, 0.1) is 5.84 Å². The van der Waals surface area contributed by atoms with Crippen LogP contribution in [0.2, 0.25) is 0 Å². The average molecular weight is 185 g/mol.